The Bertz CT molecular complexity index is 1040. The minimum absolute atomic E-state index is 0.244. The number of rotatable bonds is 6. The van der Waals surface area contributed by atoms with Crippen molar-refractivity contribution in [2.75, 3.05) is 0 Å². The molecule has 0 N–H and O–H groups in total. The van der Waals surface area contributed by atoms with Crippen LogP contribution in [0.5, 0.6) is 0 Å². The van der Waals surface area contributed by atoms with E-state index in [0.29, 0.717) is 11.1 Å². The summed E-state index contributed by atoms with van der Waals surface area (Å²) < 4.78 is 8.30. The maximum atomic E-state index is 12.9. The Morgan fingerprint density at radius 2 is 1.59 bits per heavy atom. The molecule has 0 aromatic heterocycles. The quantitative estimate of drug-likeness (QED) is 0.346. The molecule has 3 aromatic rings. The molecule has 1 amide bonds. The van der Waals surface area contributed by atoms with Crippen molar-refractivity contribution in [3.63, 3.8) is 0 Å². The number of halogens is 1. The average molecular weight is 499 g/mol. The summed E-state index contributed by atoms with van der Waals surface area (Å²) in [5.41, 5.74) is 2.06. The topological polar surface area (TPSA) is 55.8 Å². The monoisotopic (exact) mass is 499 g/mol. The van der Waals surface area contributed by atoms with Gasteiger partial charge in [0, 0.05) is 0 Å². The van der Waals surface area contributed by atoms with Crippen molar-refractivity contribution in [3.8, 4) is 0 Å². The van der Waals surface area contributed by atoms with E-state index in [1.54, 1.807) is 40.6 Å². The summed E-state index contributed by atoms with van der Waals surface area (Å²) in [6, 6.07) is 25.9. The van der Waals surface area contributed by atoms with Crippen LogP contribution in [-0.2, 0) is 14.5 Å². The van der Waals surface area contributed by atoms with E-state index in [4.69, 9.17) is 7.90 Å². The van der Waals surface area contributed by atoms with Crippen molar-refractivity contribution in [2.45, 2.75) is 6.61 Å². The predicted molar refractivity (Wildman–Crippen MR) is 118 cm³/mol. The molecule has 0 unspecified atom stereocenters. The first-order valence-electron chi connectivity index (χ1n) is 8.96. The Morgan fingerprint density at radius 3 is 2.34 bits per heavy atom. The summed E-state index contributed by atoms with van der Waals surface area (Å²) in [5.74, 6) is -0.589. The van der Waals surface area contributed by atoms with Gasteiger partial charge in [-0.2, -0.15) is 0 Å². The van der Waals surface area contributed by atoms with Gasteiger partial charge in [0.2, 0.25) is 0 Å². The zero-order valence-corrected chi connectivity index (χ0v) is 17.6. The van der Waals surface area contributed by atoms with Crippen LogP contribution in [0.2, 0.25) is 0 Å². The minimum atomic E-state index is -2.33. The Labute approximate surface area is 176 Å². The summed E-state index contributed by atoms with van der Waals surface area (Å²) in [7, 11) is 0. The molecule has 0 saturated carbocycles. The molecule has 3 aromatic carbocycles. The Hall–Kier alpha value is -2.97. The van der Waals surface area contributed by atoms with E-state index in [9.17, 15) is 9.59 Å². The summed E-state index contributed by atoms with van der Waals surface area (Å²) >= 11 is -2.33. The van der Waals surface area contributed by atoms with Crippen LogP contribution in [0.15, 0.2) is 95.2 Å². The van der Waals surface area contributed by atoms with Crippen LogP contribution in [0.25, 0.3) is 0 Å². The third-order valence-corrected chi connectivity index (χ3v) is 8.12. The number of hydroxylamine groups is 2. The molecule has 1 aliphatic rings. The fourth-order valence-electron chi connectivity index (χ4n) is 2.74. The second-order valence-corrected chi connectivity index (χ2v) is 10.0. The number of hydrogen-bond acceptors (Lipinski definition) is 4. The molecule has 1 aliphatic heterocycles. The Balaban J connectivity index is 1.56. The number of carbonyl (C=O) groups excluding carboxylic acids is 2. The molecule has 5 nitrogen and oxygen atoms in total. The average Bonchev–Trinajstić information content (AvgIpc) is 3.10. The van der Waals surface area contributed by atoms with Crippen LogP contribution in [0, 0.1) is 3.57 Å². The van der Waals surface area contributed by atoms with Crippen LogP contribution in [-0.4, -0.2) is 16.9 Å². The van der Waals surface area contributed by atoms with Gasteiger partial charge in [-0.25, -0.2) is 0 Å². The number of carbonyl (C=O) groups is 2. The van der Waals surface area contributed by atoms with Gasteiger partial charge in [0.1, 0.15) is 0 Å². The van der Waals surface area contributed by atoms with Crippen molar-refractivity contribution >= 4 is 32.1 Å². The number of nitrogens with zero attached hydrogens (tertiary/aromatic N) is 1. The number of fused-ring (bicyclic) bond motifs is 1. The fourth-order valence-corrected chi connectivity index (χ4v) is 6.30. The predicted octanol–water partition coefficient (Wildman–Crippen LogP) is 5.19. The van der Waals surface area contributed by atoms with Crippen LogP contribution in [0.1, 0.15) is 26.3 Å². The molecular formula is C23H18INO4. The fraction of sp³-hybridized carbons (Fsp3) is 0.0435. The van der Waals surface area contributed by atoms with Gasteiger partial charge in [0.15, 0.2) is 0 Å². The first-order valence-corrected chi connectivity index (χ1v) is 12.2. The van der Waals surface area contributed by atoms with E-state index in [1.807, 2.05) is 54.6 Å². The van der Waals surface area contributed by atoms with Gasteiger partial charge in [-0.15, -0.1) is 0 Å². The number of hydrogen-bond donors (Lipinski definition) is 0. The third kappa shape index (κ3) is 4.55. The number of amides is 1. The number of benzene rings is 3. The molecular weight excluding hydrogens is 481 g/mol. The van der Waals surface area contributed by atoms with Crippen molar-refractivity contribution in [2.24, 2.45) is 0 Å². The first kappa shape index (κ1) is 19.4. The molecule has 0 fully saturated rings. The molecule has 0 spiro atoms. The van der Waals surface area contributed by atoms with E-state index in [-0.39, 0.29) is 18.5 Å². The standard InChI is InChI=1S/C23H18INO4/c26-22(19-11-5-2-6-12-19)25(28-17-18-9-3-1-4-10-18)16-15-24-21-14-8-7-13-20(21)23(27)29-24/h1-16H,17H2/b16-15-. The molecule has 29 heavy (non-hydrogen) atoms. The zero-order chi connectivity index (χ0) is 20.1. The molecule has 0 bridgehead atoms. The van der Waals surface area contributed by atoms with E-state index in [0.717, 1.165) is 9.13 Å². The second-order valence-electron chi connectivity index (χ2n) is 6.15. The SMILES string of the molecule is O=C1OI(/C=C\N(OCc2ccccc2)C(=O)c2ccccc2)c2ccccc21. The van der Waals surface area contributed by atoms with Gasteiger partial charge in [0.05, 0.1) is 0 Å². The van der Waals surface area contributed by atoms with Crippen molar-refractivity contribution in [1.82, 2.24) is 5.06 Å². The van der Waals surface area contributed by atoms with Crippen LogP contribution >= 0.6 is 20.2 Å². The van der Waals surface area contributed by atoms with E-state index >= 15 is 0 Å². The molecule has 0 atom stereocenters. The third-order valence-electron chi connectivity index (χ3n) is 4.19. The van der Waals surface area contributed by atoms with Crippen LogP contribution in [0.4, 0.5) is 0 Å². The molecule has 4 rings (SSSR count). The van der Waals surface area contributed by atoms with Gasteiger partial charge in [-0.05, 0) is 0 Å². The van der Waals surface area contributed by atoms with Gasteiger partial charge in [-0.1, -0.05) is 0 Å². The molecule has 146 valence electrons. The van der Waals surface area contributed by atoms with Crippen molar-refractivity contribution in [3.05, 3.63) is 115 Å². The molecule has 0 saturated heterocycles. The van der Waals surface area contributed by atoms with Gasteiger partial charge in [0.25, 0.3) is 0 Å². The first-order chi connectivity index (χ1) is 14.2. The maximum absolute atomic E-state index is 12.9. The Kier molecular flexibility index (Phi) is 6.02. The van der Waals surface area contributed by atoms with Crippen LogP contribution < -0.4 is 0 Å². The van der Waals surface area contributed by atoms with E-state index in [1.165, 1.54) is 5.06 Å². The van der Waals surface area contributed by atoms with E-state index in [2.05, 4.69) is 0 Å². The van der Waals surface area contributed by atoms with Crippen molar-refractivity contribution in [1.29, 1.82) is 0 Å². The van der Waals surface area contributed by atoms with Gasteiger partial charge >= 0.3 is 177 Å². The van der Waals surface area contributed by atoms with Crippen LogP contribution in [0.3, 0.4) is 0 Å². The summed E-state index contributed by atoms with van der Waals surface area (Å²) in [6.45, 7) is 0.244. The summed E-state index contributed by atoms with van der Waals surface area (Å²) in [4.78, 5) is 30.8. The molecule has 0 aliphatic carbocycles. The zero-order valence-electron chi connectivity index (χ0n) is 15.4. The van der Waals surface area contributed by atoms with Gasteiger partial charge < -0.3 is 0 Å². The van der Waals surface area contributed by atoms with E-state index < -0.39 is 20.2 Å². The molecule has 0 radical (unpaired) electrons. The Morgan fingerprint density at radius 1 is 0.931 bits per heavy atom. The molecule has 1 heterocycles. The summed E-state index contributed by atoms with van der Waals surface area (Å²) in [6.07, 6.45) is 1.58. The summed E-state index contributed by atoms with van der Waals surface area (Å²) in [5, 5.41) is 1.22. The second kappa shape index (κ2) is 9.02. The van der Waals surface area contributed by atoms with Crippen molar-refractivity contribution < 1.29 is 17.5 Å². The normalized spacial score (nSPS) is 13.9. The van der Waals surface area contributed by atoms with Gasteiger partial charge in [-0.3, -0.25) is 0 Å². The molecule has 6 heteroatoms.